The summed E-state index contributed by atoms with van der Waals surface area (Å²) in [5.74, 6) is -0.571. The zero-order valence-electron chi connectivity index (χ0n) is 24.0. The van der Waals surface area contributed by atoms with Crippen molar-refractivity contribution in [2.24, 2.45) is 0 Å². The molecule has 0 spiro atoms. The number of carbonyl (C=O) groups is 2. The van der Waals surface area contributed by atoms with Crippen LogP contribution in [0, 0.1) is 0 Å². The third kappa shape index (κ3) is 9.37. The minimum Gasteiger partial charge on any atom is -0.394 e. The topological polar surface area (TPSA) is 238 Å². The number of amides is 2. The van der Waals surface area contributed by atoms with E-state index in [0.29, 0.717) is 27.6 Å². The van der Waals surface area contributed by atoms with Crippen LogP contribution in [0.4, 0.5) is 11.4 Å². The third-order valence-electron chi connectivity index (χ3n) is 7.29. The molecule has 0 saturated carbocycles. The van der Waals surface area contributed by atoms with Crippen LogP contribution in [0.1, 0.15) is 19.3 Å². The zero-order valence-corrected chi connectivity index (χ0v) is 25.6. The smallest absolute Gasteiger partial charge is 0.224 e. The van der Waals surface area contributed by atoms with Crippen molar-refractivity contribution < 1.29 is 59.9 Å². The number of thioether (sulfide) groups is 2. The van der Waals surface area contributed by atoms with Gasteiger partial charge < -0.3 is 61.0 Å². The van der Waals surface area contributed by atoms with Crippen molar-refractivity contribution in [3.05, 3.63) is 48.5 Å². The van der Waals surface area contributed by atoms with Gasteiger partial charge in [-0.3, -0.25) is 9.59 Å². The van der Waals surface area contributed by atoms with Crippen molar-refractivity contribution >= 4 is 46.7 Å². The van der Waals surface area contributed by atoms with Crippen molar-refractivity contribution in [1.29, 1.82) is 0 Å². The van der Waals surface area contributed by atoms with Crippen LogP contribution in [0.15, 0.2) is 58.3 Å². The Balaban J connectivity index is 1.16. The molecule has 16 heteroatoms. The number of hydrogen-bond donors (Lipinski definition) is 10. The molecule has 248 valence electrons. The number of aliphatic hydroxyl groups excluding tert-OH is 8. The maximum atomic E-state index is 12.4. The Hall–Kier alpha value is -2.32. The minimum atomic E-state index is -1.47. The molecule has 2 amide bonds. The minimum absolute atomic E-state index is 0.101. The zero-order chi connectivity index (χ0) is 32.7. The van der Waals surface area contributed by atoms with E-state index in [9.17, 15) is 50.4 Å². The molecule has 2 aliphatic heterocycles. The molecule has 2 aromatic carbocycles. The first-order chi connectivity index (χ1) is 21.5. The molecule has 2 aliphatic rings. The Morgan fingerprint density at radius 3 is 1.27 bits per heavy atom. The Bertz CT molecular complexity index is 1160. The van der Waals surface area contributed by atoms with E-state index in [4.69, 9.17) is 9.47 Å². The van der Waals surface area contributed by atoms with Crippen LogP contribution in [-0.2, 0) is 19.1 Å². The lowest BCUT2D eigenvalue weighted by Crippen LogP contribution is -2.57. The van der Waals surface area contributed by atoms with Crippen LogP contribution in [0.5, 0.6) is 0 Å². The van der Waals surface area contributed by atoms with Crippen LogP contribution in [0.25, 0.3) is 0 Å². The summed E-state index contributed by atoms with van der Waals surface area (Å²) in [5, 5.41) is 84.3. The van der Waals surface area contributed by atoms with Gasteiger partial charge in [0.15, 0.2) is 0 Å². The fourth-order valence-corrected chi connectivity index (χ4v) is 6.81. The molecule has 4 rings (SSSR count). The quantitative estimate of drug-likeness (QED) is 0.133. The fraction of sp³-hybridized carbons (Fsp3) is 0.517. The number of aliphatic hydroxyl groups is 8. The van der Waals surface area contributed by atoms with Gasteiger partial charge in [0.05, 0.1) is 13.2 Å². The van der Waals surface area contributed by atoms with Crippen molar-refractivity contribution in [3.63, 3.8) is 0 Å². The van der Waals surface area contributed by atoms with Gasteiger partial charge in [0.1, 0.15) is 59.7 Å². The summed E-state index contributed by atoms with van der Waals surface area (Å²) < 4.78 is 11.0. The van der Waals surface area contributed by atoms with E-state index in [2.05, 4.69) is 10.6 Å². The highest BCUT2D eigenvalue weighted by atomic mass is 32.2. The van der Waals surface area contributed by atoms with Crippen molar-refractivity contribution in [2.75, 3.05) is 23.8 Å². The van der Waals surface area contributed by atoms with Crippen LogP contribution in [0.3, 0.4) is 0 Å². The molecule has 14 nitrogen and oxygen atoms in total. The molecule has 45 heavy (non-hydrogen) atoms. The molecule has 0 aliphatic carbocycles. The summed E-state index contributed by atoms with van der Waals surface area (Å²) in [6.45, 7) is -1.03. The standard InChI is InChI=1S/C29H38N2O12S2/c32-12-18-22(36)24(38)26(40)28(42-18)44-16-8-4-14(5-9-16)30-20(34)2-1-3-21(35)31-15-6-10-17(11-7-15)45-29-27(41)25(39)23(37)19(13-33)43-29/h4-11,18-19,22-29,32-33,36-41H,1-3,12-13H2,(H,30,34)(H,31,35)/t18-,19-,22-,23-,24+,25+,26-,27-,28+,29+/m1/s1. The van der Waals surface area contributed by atoms with Gasteiger partial charge in [-0.2, -0.15) is 0 Å². The predicted molar refractivity (Wildman–Crippen MR) is 163 cm³/mol. The van der Waals surface area contributed by atoms with Gasteiger partial charge >= 0.3 is 0 Å². The Morgan fingerprint density at radius 1 is 0.578 bits per heavy atom. The van der Waals surface area contributed by atoms with Crippen LogP contribution >= 0.6 is 23.5 Å². The summed E-state index contributed by atoms with van der Waals surface area (Å²) in [6, 6.07) is 13.3. The van der Waals surface area contributed by atoms with Crippen molar-refractivity contribution in [1.82, 2.24) is 0 Å². The molecule has 2 saturated heterocycles. The molecule has 2 heterocycles. The molecule has 2 aromatic rings. The molecule has 0 unspecified atom stereocenters. The molecular weight excluding hydrogens is 632 g/mol. The predicted octanol–water partition coefficient (Wildman–Crippen LogP) is -0.782. The Morgan fingerprint density at radius 2 is 0.933 bits per heavy atom. The monoisotopic (exact) mass is 670 g/mol. The van der Waals surface area contributed by atoms with E-state index in [-0.39, 0.29) is 24.7 Å². The lowest BCUT2D eigenvalue weighted by molar-refractivity contribution is -0.205. The molecular formula is C29H38N2O12S2. The SMILES string of the molecule is O=C(CCCC(=O)Nc1ccc(S[C@@H]2O[C@H](CO)[C@@H](O)[C@H](O)[C@H]2O)cc1)Nc1ccc(S[C@@H]2O[C@H](CO)[C@@H](O)[C@H](O)[C@H]2O)cc1. The summed E-state index contributed by atoms with van der Waals surface area (Å²) in [7, 11) is 0. The molecule has 0 aromatic heterocycles. The maximum absolute atomic E-state index is 12.4. The third-order valence-corrected chi connectivity index (χ3v) is 9.62. The highest BCUT2D eigenvalue weighted by molar-refractivity contribution is 8.00. The van der Waals surface area contributed by atoms with Crippen molar-refractivity contribution in [2.45, 2.75) is 88.8 Å². The molecule has 0 radical (unpaired) electrons. The van der Waals surface area contributed by atoms with Gasteiger partial charge in [0.25, 0.3) is 0 Å². The lowest BCUT2D eigenvalue weighted by Gasteiger charge is -2.39. The van der Waals surface area contributed by atoms with E-state index >= 15 is 0 Å². The maximum Gasteiger partial charge on any atom is 0.224 e. The number of benzene rings is 2. The number of ether oxygens (including phenoxy) is 2. The van der Waals surface area contributed by atoms with Crippen LogP contribution in [0.2, 0.25) is 0 Å². The van der Waals surface area contributed by atoms with E-state index in [1.165, 1.54) is 0 Å². The van der Waals surface area contributed by atoms with E-state index in [1.807, 2.05) is 0 Å². The Labute approximate surface area is 267 Å². The van der Waals surface area contributed by atoms with Gasteiger partial charge in [0, 0.05) is 34.0 Å². The van der Waals surface area contributed by atoms with Gasteiger partial charge in [-0.05, 0) is 55.0 Å². The summed E-state index contributed by atoms with van der Waals surface area (Å²) in [4.78, 5) is 26.1. The first-order valence-corrected chi connectivity index (χ1v) is 16.0. The highest BCUT2D eigenvalue weighted by Crippen LogP contribution is 2.35. The second kappa shape index (κ2) is 16.5. The normalized spacial score (nSPS) is 31.7. The van der Waals surface area contributed by atoms with E-state index in [1.54, 1.807) is 48.5 Å². The van der Waals surface area contributed by atoms with Gasteiger partial charge in [0.2, 0.25) is 11.8 Å². The van der Waals surface area contributed by atoms with Gasteiger partial charge in [-0.25, -0.2) is 0 Å². The first-order valence-electron chi connectivity index (χ1n) is 14.2. The summed E-state index contributed by atoms with van der Waals surface area (Å²) in [6.07, 6.45) is -10.0. The van der Waals surface area contributed by atoms with Gasteiger partial charge in [-0.1, -0.05) is 23.5 Å². The molecule has 2 fully saturated rings. The largest absolute Gasteiger partial charge is 0.394 e. The van der Waals surface area contributed by atoms with E-state index < -0.39 is 72.9 Å². The van der Waals surface area contributed by atoms with E-state index in [0.717, 1.165) is 23.5 Å². The average Bonchev–Trinajstić information content (AvgIpc) is 3.03. The molecule has 10 N–H and O–H groups in total. The second-order valence-corrected chi connectivity index (χ2v) is 13.0. The van der Waals surface area contributed by atoms with Crippen molar-refractivity contribution in [3.8, 4) is 0 Å². The molecule has 10 atom stereocenters. The Kier molecular flexibility index (Phi) is 13.0. The number of carbonyl (C=O) groups excluding carboxylic acids is 2. The number of rotatable bonds is 12. The average molecular weight is 671 g/mol. The second-order valence-electron chi connectivity index (χ2n) is 10.6. The summed E-state index contributed by atoms with van der Waals surface area (Å²) >= 11 is 2.20. The number of anilines is 2. The molecule has 0 bridgehead atoms. The number of nitrogens with one attached hydrogen (secondary N) is 2. The van der Waals surface area contributed by atoms with Crippen LogP contribution in [-0.4, -0.2) is 126 Å². The first kappa shape index (κ1) is 35.5. The van der Waals surface area contributed by atoms with Gasteiger partial charge in [-0.15, -0.1) is 0 Å². The fourth-order valence-electron chi connectivity index (χ4n) is 4.69. The van der Waals surface area contributed by atoms with Crippen LogP contribution < -0.4 is 10.6 Å². The highest BCUT2D eigenvalue weighted by Gasteiger charge is 2.44. The summed E-state index contributed by atoms with van der Waals surface area (Å²) in [5.41, 5.74) is -0.797. The number of hydrogen-bond acceptors (Lipinski definition) is 14. The lowest BCUT2D eigenvalue weighted by atomic mass is 10.0.